The molecule has 0 rings (SSSR count). The van der Waals surface area contributed by atoms with Crippen LogP contribution in [0.5, 0.6) is 0 Å². The fraction of sp³-hybridized carbons (Fsp3) is 0.375. The Balaban J connectivity index is 4.82. The van der Waals surface area contributed by atoms with Gasteiger partial charge in [0.2, 0.25) is 0 Å². The number of carbonyl (C=O) groups is 1. The molecule has 2 nitrogen and oxygen atoms in total. The van der Waals surface area contributed by atoms with Crippen LogP contribution in [0, 0.1) is 0 Å². The first-order valence-corrected chi connectivity index (χ1v) is 6.40. The number of carbonyl (C=O) groups excluding carboxylic acids is 1. The maximum atomic E-state index is 10.7. The number of hydrogen-bond donors (Lipinski definition) is 0. The van der Waals surface area contributed by atoms with Crippen molar-refractivity contribution in [1.82, 2.24) is 4.90 Å². The van der Waals surface area contributed by atoms with Crippen molar-refractivity contribution in [2.45, 2.75) is 20.8 Å². The summed E-state index contributed by atoms with van der Waals surface area (Å²) in [5, 5.41) is 0. The number of rotatable bonds is 4. The second-order valence-corrected chi connectivity index (χ2v) is 6.55. The van der Waals surface area contributed by atoms with Gasteiger partial charge in [0.15, 0.2) is 0 Å². The molecule has 0 aromatic heterocycles. The van der Waals surface area contributed by atoms with Crippen LogP contribution < -0.4 is 0 Å². The van der Waals surface area contributed by atoms with Crippen molar-refractivity contribution < 1.29 is 43.5 Å². The van der Waals surface area contributed by atoms with Crippen LogP contribution in [0.25, 0.3) is 0 Å². The van der Waals surface area contributed by atoms with Crippen molar-refractivity contribution in [3.8, 4) is 0 Å². The van der Waals surface area contributed by atoms with Gasteiger partial charge in [0.05, 0.1) is 0 Å². The van der Waals surface area contributed by atoms with E-state index in [9.17, 15) is 4.79 Å². The Labute approximate surface area is 94.8 Å². The summed E-state index contributed by atoms with van der Waals surface area (Å²) in [6, 6.07) is 0. The van der Waals surface area contributed by atoms with Crippen LogP contribution >= 0.6 is 0 Å². The van der Waals surface area contributed by atoms with Crippen LogP contribution in [-0.2, 0) is 43.5 Å². The van der Waals surface area contributed by atoms with Gasteiger partial charge < -0.3 is 0 Å². The predicted octanol–water partition coefficient (Wildman–Crippen LogP) is 0.784. The van der Waals surface area contributed by atoms with E-state index in [1.165, 1.54) is 42.6 Å². The number of nitrogens with zero attached hydrogens (tertiary/aromatic N) is 1. The average Bonchev–Trinajstić information content (AvgIpc) is 1.98. The third kappa shape index (κ3) is 3.37. The Morgan fingerprint density at radius 2 is 1.83 bits per heavy atom. The van der Waals surface area contributed by atoms with Crippen LogP contribution in [-0.4, -0.2) is 19.2 Å². The molecule has 0 fully saturated rings. The molecule has 1 amide bonds. The third-order valence-electron chi connectivity index (χ3n) is 1.34. The van der Waals surface area contributed by atoms with E-state index in [2.05, 4.69) is 0 Å². The molecule has 12 heavy (non-hydrogen) atoms. The zero-order chi connectivity index (χ0) is 9.72. The molecule has 0 unspecified atom stereocenters. The summed E-state index contributed by atoms with van der Waals surface area (Å²) < 4.78 is 2.32. The van der Waals surface area contributed by atoms with Gasteiger partial charge in [0, 0.05) is 0 Å². The molecule has 0 spiro atoms. The van der Waals surface area contributed by atoms with E-state index in [1.54, 1.807) is 4.90 Å². The molecule has 0 heterocycles. The molecule has 0 saturated carbocycles. The predicted molar refractivity (Wildman–Crippen MR) is 43.0 cm³/mol. The summed E-state index contributed by atoms with van der Waals surface area (Å²) in [6.07, 6.45) is 2.85. The standard InChI is InChI=1S/C8H11NO.2W/c1-4-8(5-2)9(6-3)7-10;;/h4,7H,1-3H3;;. The minimum absolute atomic E-state index is 0.879. The van der Waals surface area contributed by atoms with Crippen molar-refractivity contribution in [1.29, 1.82) is 0 Å². The van der Waals surface area contributed by atoms with Crippen molar-refractivity contribution >= 4 is 14.3 Å². The topological polar surface area (TPSA) is 20.3 Å². The molecular weight excluding hydrogens is 494 g/mol. The summed E-state index contributed by atoms with van der Waals surface area (Å²) in [5.41, 5.74) is 1.03. The van der Waals surface area contributed by atoms with E-state index in [0.717, 1.165) is 16.1 Å². The SMILES string of the molecule is CC=C([C](C)=[W])N(C=O)[C](C)=[W]. The van der Waals surface area contributed by atoms with Crippen LogP contribution in [0.15, 0.2) is 11.8 Å². The van der Waals surface area contributed by atoms with Gasteiger partial charge in [-0.15, -0.1) is 0 Å². The Kier molecular flexibility index (Phi) is 6.04. The van der Waals surface area contributed by atoms with E-state index in [1.807, 2.05) is 26.8 Å². The molecule has 0 bridgehead atoms. The van der Waals surface area contributed by atoms with Crippen molar-refractivity contribution in [2.75, 3.05) is 0 Å². The third-order valence-corrected chi connectivity index (χ3v) is 2.80. The van der Waals surface area contributed by atoms with Crippen LogP contribution in [0.2, 0.25) is 0 Å². The van der Waals surface area contributed by atoms with Gasteiger partial charge in [-0.2, -0.15) is 0 Å². The fourth-order valence-electron chi connectivity index (χ4n) is 0.813. The Morgan fingerprint density at radius 3 is 1.92 bits per heavy atom. The first kappa shape index (κ1) is 12.3. The maximum absolute atomic E-state index is 10.7. The second kappa shape index (κ2) is 5.88. The molecule has 0 aliphatic heterocycles. The molecule has 0 radical (unpaired) electrons. The van der Waals surface area contributed by atoms with Gasteiger partial charge in [0.25, 0.3) is 0 Å². The molecule has 0 aliphatic rings. The zero-order valence-electron chi connectivity index (χ0n) is 7.33. The van der Waals surface area contributed by atoms with Crippen molar-refractivity contribution in [3.63, 3.8) is 0 Å². The van der Waals surface area contributed by atoms with Gasteiger partial charge in [-0.3, -0.25) is 0 Å². The second-order valence-electron chi connectivity index (χ2n) is 2.22. The molecule has 0 aromatic carbocycles. The molecular formula is C8H11NOW2. The van der Waals surface area contributed by atoms with Gasteiger partial charge >= 0.3 is 95.3 Å². The van der Waals surface area contributed by atoms with Crippen molar-refractivity contribution in [2.24, 2.45) is 0 Å². The number of amides is 1. The van der Waals surface area contributed by atoms with E-state index >= 15 is 0 Å². The molecule has 66 valence electrons. The molecule has 0 aliphatic carbocycles. The fourth-order valence-corrected chi connectivity index (χ4v) is 2.10. The Bertz CT molecular complexity index is 245. The summed E-state index contributed by atoms with van der Waals surface area (Å²) in [6.45, 7) is 5.96. The summed E-state index contributed by atoms with van der Waals surface area (Å²) in [5.74, 6) is 0. The molecule has 0 N–H and O–H groups in total. The van der Waals surface area contributed by atoms with Gasteiger partial charge in [-0.05, 0) is 0 Å². The van der Waals surface area contributed by atoms with E-state index in [-0.39, 0.29) is 0 Å². The summed E-state index contributed by atoms with van der Waals surface area (Å²) in [4.78, 5) is 12.4. The Hall–Kier alpha value is 0.327. The normalized spacial score (nSPS) is 10.8. The summed E-state index contributed by atoms with van der Waals surface area (Å²) in [7, 11) is 0. The van der Waals surface area contributed by atoms with E-state index in [4.69, 9.17) is 0 Å². The van der Waals surface area contributed by atoms with Crippen LogP contribution in [0.3, 0.4) is 0 Å². The first-order chi connectivity index (χ1) is 5.54. The van der Waals surface area contributed by atoms with Gasteiger partial charge in [0.1, 0.15) is 0 Å². The quantitative estimate of drug-likeness (QED) is 0.519. The molecule has 0 saturated heterocycles. The van der Waals surface area contributed by atoms with Crippen molar-refractivity contribution in [3.05, 3.63) is 11.8 Å². The monoisotopic (exact) mass is 505 g/mol. The number of hydrogen-bond acceptors (Lipinski definition) is 1. The van der Waals surface area contributed by atoms with Gasteiger partial charge in [-0.25, -0.2) is 0 Å². The van der Waals surface area contributed by atoms with Crippen LogP contribution in [0.1, 0.15) is 20.8 Å². The average molecular weight is 505 g/mol. The zero-order valence-corrected chi connectivity index (χ0v) is 13.2. The van der Waals surface area contributed by atoms with E-state index in [0.29, 0.717) is 0 Å². The molecule has 4 heteroatoms. The summed E-state index contributed by atoms with van der Waals surface area (Å²) >= 11 is 2.73. The first-order valence-electron chi connectivity index (χ1n) is 3.47. The number of allylic oxidation sites excluding steroid dienone is 2. The van der Waals surface area contributed by atoms with Crippen LogP contribution in [0.4, 0.5) is 0 Å². The molecule has 0 atom stereocenters. The van der Waals surface area contributed by atoms with Gasteiger partial charge in [-0.1, -0.05) is 0 Å². The Morgan fingerprint density at radius 1 is 1.33 bits per heavy atom. The molecule has 0 aromatic rings. The van der Waals surface area contributed by atoms with E-state index < -0.39 is 0 Å². The minimum atomic E-state index is 0.879.